The molecule has 0 atom stereocenters. The fourth-order valence-electron chi connectivity index (χ4n) is 2.47. The summed E-state index contributed by atoms with van der Waals surface area (Å²) >= 11 is 0. The van der Waals surface area contributed by atoms with E-state index in [4.69, 9.17) is 4.42 Å². The predicted octanol–water partition coefficient (Wildman–Crippen LogP) is 4.55. The second kappa shape index (κ2) is 3.98. The van der Waals surface area contributed by atoms with Crippen LogP contribution in [0.4, 0.5) is 0 Å². The summed E-state index contributed by atoms with van der Waals surface area (Å²) in [7, 11) is 0. The Hall–Kier alpha value is -1.57. The molecular formula is C16H20O2. The van der Waals surface area contributed by atoms with E-state index in [1.807, 2.05) is 6.92 Å². The Kier molecular flexibility index (Phi) is 2.84. The van der Waals surface area contributed by atoms with Gasteiger partial charge in [-0.25, -0.2) is 0 Å². The molecule has 1 aromatic heterocycles. The number of benzene rings is 1. The molecule has 2 heteroatoms. The Balaban J connectivity index is 2.91. The molecule has 0 bridgehead atoms. The van der Waals surface area contributed by atoms with E-state index >= 15 is 0 Å². The summed E-state index contributed by atoms with van der Waals surface area (Å²) in [4.78, 5) is 11.6. The maximum Gasteiger partial charge on any atom is 0.195 e. The number of furan rings is 1. The van der Waals surface area contributed by atoms with Gasteiger partial charge in [-0.2, -0.15) is 0 Å². The van der Waals surface area contributed by atoms with Crippen LogP contribution in [-0.2, 0) is 5.41 Å². The first kappa shape index (κ1) is 12.9. The maximum atomic E-state index is 11.6. The van der Waals surface area contributed by atoms with Crippen LogP contribution in [0.1, 0.15) is 54.9 Å². The molecule has 0 radical (unpaired) electrons. The molecule has 2 nitrogen and oxygen atoms in total. The van der Waals surface area contributed by atoms with E-state index in [1.165, 1.54) is 0 Å². The van der Waals surface area contributed by atoms with Crippen LogP contribution < -0.4 is 0 Å². The highest BCUT2D eigenvalue weighted by Crippen LogP contribution is 2.36. The molecule has 18 heavy (non-hydrogen) atoms. The Morgan fingerprint density at radius 3 is 2.28 bits per heavy atom. The average Bonchev–Trinajstić information content (AvgIpc) is 2.56. The van der Waals surface area contributed by atoms with Crippen molar-refractivity contribution >= 4 is 16.8 Å². The Morgan fingerprint density at radius 2 is 1.78 bits per heavy atom. The highest BCUT2D eigenvalue weighted by molar-refractivity contribution is 6.00. The Labute approximate surface area is 108 Å². The molecule has 1 aromatic carbocycles. The van der Waals surface area contributed by atoms with Gasteiger partial charge in [0.05, 0.1) is 0 Å². The number of ketones is 1. The molecule has 0 saturated carbocycles. The first-order chi connectivity index (χ1) is 8.23. The third kappa shape index (κ3) is 1.86. The maximum absolute atomic E-state index is 11.6. The Bertz CT molecular complexity index is 625. The van der Waals surface area contributed by atoms with Gasteiger partial charge in [-0.05, 0) is 24.8 Å². The van der Waals surface area contributed by atoms with E-state index in [9.17, 15) is 4.79 Å². The summed E-state index contributed by atoms with van der Waals surface area (Å²) in [6.45, 7) is 12.0. The number of carbonyl (C=O) groups excluding carboxylic acids is 1. The minimum absolute atomic E-state index is 0.00427. The number of carbonyl (C=O) groups is 1. The molecule has 2 rings (SSSR count). The summed E-state index contributed by atoms with van der Waals surface area (Å²) in [6.07, 6.45) is 0. The number of aryl methyl sites for hydroxylation is 2. The molecule has 1 heterocycles. The number of rotatable bonds is 1. The highest BCUT2D eigenvalue weighted by Gasteiger charge is 2.23. The number of hydrogen-bond donors (Lipinski definition) is 0. The van der Waals surface area contributed by atoms with Crippen molar-refractivity contribution in [3.63, 3.8) is 0 Å². The van der Waals surface area contributed by atoms with Gasteiger partial charge in [0.2, 0.25) is 0 Å². The van der Waals surface area contributed by atoms with Gasteiger partial charge < -0.3 is 4.42 Å². The van der Waals surface area contributed by atoms with Crippen molar-refractivity contribution in [3.05, 3.63) is 34.6 Å². The highest BCUT2D eigenvalue weighted by atomic mass is 16.3. The van der Waals surface area contributed by atoms with E-state index in [0.717, 1.165) is 27.7 Å². The number of Topliss-reactive ketones (excluding diaryl/α,β-unsaturated/α-hetero) is 1. The largest absolute Gasteiger partial charge is 0.452 e. The van der Waals surface area contributed by atoms with Gasteiger partial charge in [0, 0.05) is 23.4 Å². The summed E-state index contributed by atoms with van der Waals surface area (Å²) in [5, 5.41) is 1.09. The first-order valence-corrected chi connectivity index (χ1v) is 6.27. The van der Waals surface area contributed by atoms with Crippen molar-refractivity contribution in [3.8, 4) is 0 Å². The van der Waals surface area contributed by atoms with Gasteiger partial charge in [0.1, 0.15) is 5.58 Å². The minimum atomic E-state index is -0.0111. The molecule has 0 unspecified atom stereocenters. The van der Waals surface area contributed by atoms with Gasteiger partial charge in [-0.3, -0.25) is 4.79 Å². The van der Waals surface area contributed by atoms with Crippen molar-refractivity contribution in [2.24, 2.45) is 0 Å². The van der Waals surface area contributed by atoms with Crippen LogP contribution in [-0.4, -0.2) is 5.78 Å². The van der Waals surface area contributed by atoms with Crippen molar-refractivity contribution in [1.29, 1.82) is 0 Å². The van der Waals surface area contributed by atoms with E-state index in [2.05, 4.69) is 39.8 Å². The fourth-order valence-corrected chi connectivity index (χ4v) is 2.47. The van der Waals surface area contributed by atoms with Crippen LogP contribution in [0.25, 0.3) is 11.0 Å². The third-order valence-electron chi connectivity index (χ3n) is 3.41. The van der Waals surface area contributed by atoms with E-state index in [1.54, 1.807) is 6.92 Å². The molecular weight excluding hydrogens is 224 g/mol. The molecule has 0 aliphatic heterocycles. The van der Waals surface area contributed by atoms with Crippen LogP contribution in [0.5, 0.6) is 0 Å². The first-order valence-electron chi connectivity index (χ1n) is 6.27. The molecule has 0 saturated heterocycles. The molecule has 0 aliphatic carbocycles. The van der Waals surface area contributed by atoms with Crippen molar-refractivity contribution in [2.45, 2.75) is 47.0 Å². The van der Waals surface area contributed by atoms with Crippen molar-refractivity contribution in [2.75, 3.05) is 0 Å². The lowest BCUT2D eigenvalue weighted by Crippen LogP contribution is -2.11. The van der Waals surface area contributed by atoms with Crippen LogP contribution in [0.15, 0.2) is 16.5 Å². The molecule has 0 aliphatic rings. The predicted molar refractivity (Wildman–Crippen MR) is 74.4 cm³/mol. The van der Waals surface area contributed by atoms with Gasteiger partial charge in [-0.15, -0.1) is 0 Å². The zero-order valence-corrected chi connectivity index (χ0v) is 12.0. The minimum Gasteiger partial charge on any atom is -0.452 e. The van der Waals surface area contributed by atoms with Crippen molar-refractivity contribution < 1.29 is 9.21 Å². The number of hydrogen-bond acceptors (Lipinski definition) is 2. The molecule has 0 amide bonds. The van der Waals surface area contributed by atoms with Gasteiger partial charge in [0.25, 0.3) is 0 Å². The second-order valence-corrected chi connectivity index (χ2v) is 6.00. The monoisotopic (exact) mass is 244 g/mol. The van der Waals surface area contributed by atoms with E-state index in [0.29, 0.717) is 5.76 Å². The lowest BCUT2D eigenvalue weighted by atomic mass is 9.85. The average molecular weight is 244 g/mol. The summed E-state index contributed by atoms with van der Waals surface area (Å²) in [6, 6.07) is 4.21. The second-order valence-electron chi connectivity index (χ2n) is 6.00. The number of fused-ring (bicyclic) bond motifs is 1. The van der Waals surface area contributed by atoms with E-state index in [-0.39, 0.29) is 11.2 Å². The van der Waals surface area contributed by atoms with Crippen molar-refractivity contribution in [1.82, 2.24) is 0 Å². The molecule has 0 spiro atoms. The van der Waals surface area contributed by atoms with Crippen LogP contribution in [0, 0.1) is 13.8 Å². The van der Waals surface area contributed by atoms with Crippen LogP contribution in [0.3, 0.4) is 0 Å². The summed E-state index contributed by atoms with van der Waals surface area (Å²) in [5.41, 5.74) is 4.14. The van der Waals surface area contributed by atoms with Crippen LogP contribution in [0.2, 0.25) is 0 Å². The van der Waals surface area contributed by atoms with Gasteiger partial charge >= 0.3 is 0 Å². The standard InChI is InChI=1S/C16H20O2/c1-9-7-8-12(16(4,5)6)15-13(9)10(2)14(18-15)11(3)17/h7-8H,1-6H3. The Morgan fingerprint density at radius 1 is 1.17 bits per heavy atom. The molecule has 2 aromatic rings. The quantitative estimate of drug-likeness (QED) is 0.689. The fraction of sp³-hybridized carbons (Fsp3) is 0.438. The zero-order chi connectivity index (χ0) is 13.7. The molecule has 0 fully saturated rings. The van der Waals surface area contributed by atoms with Gasteiger partial charge in [0.15, 0.2) is 11.5 Å². The summed E-state index contributed by atoms with van der Waals surface area (Å²) < 4.78 is 5.85. The summed E-state index contributed by atoms with van der Waals surface area (Å²) in [5.74, 6) is 0.479. The van der Waals surface area contributed by atoms with Gasteiger partial charge in [-0.1, -0.05) is 32.9 Å². The normalized spacial score (nSPS) is 12.1. The SMILES string of the molecule is CC(=O)c1oc2c(C(C)(C)C)ccc(C)c2c1C. The smallest absolute Gasteiger partial charge is 0.195 e. The lowest BCUT2D eigenvalue weighted by molar-refractivity contribution is 0.0988. The van der Waals surface area contributed by atoms with E-state index < -0.39 is 0 Å². The third-order valence-corrected chi connectivity index (χ3v) is 3.41. The molecule has 0 N–H and O–H groups in total. The topological polar surface area (TPSA) is 30.2 Å². The zero-order valence-electron chi connectivity index (χ0n) is 12.0. The molecule has 96 valence electrons. The van der Waals surface area contributed by atoms with Crippen LogP contribution >= 0.6 is 0 Å². The lowest BCUT2D eigenvalue weighted by Gasteiger charge is -2.19.